The molecule has 0 aliphatic heterocycles. The van der Waals surface area contributed by atoms with Gasteiger partial charge in [-0.05, 0) is 12.1 Å². The third-order valence-corrected chi connectivity index (χ3v) is 2.49. The maximum absolute atomic E-state index is 10.8. The third kappa shape index (κ3) is 2.98. The second-order valence-electron chi connectivity index (χ2n) is 3.49. The summed E-state index contributed by atoms with van der Waals surface area (Å²) in [5, 5.41) is 15.2. The van der Waals surface area contributed by atoms with Gasteiger partial charge in [-0.15, -0.1) is 0 Å². The zero-order valence-electron chi connectivity index (χ0n) is 9.32. The van der Waals surface area contributed by atoms with E-state index in [2.05, 4.69) is 5.10 Å². The summed E-state index contributed by atoms with van der Waals surface area (Å²) in [7, 11) is 0. The van der Waals surface area contributed by atoms with Gasteiger partial charge in [0.25, 0.3) is 0 Å². The highest BCUT2D eigenvalue weighted by Crippen LogP contribution is 2.29. The van der Waals surface area contributed by atoms with Crippen molar-refractivity contribution in [2.45, 2.75) is 6.54 Å². The van der Waals surface area contributed by atoms with Gasteiger partial charge in [0, 0.05) is 29.5 Å². The van der Waals surface area contributed by atoms with Crippen molar-refractivity contribution in [3.63, 3.8) is 0 Å². The fraction of sp³-hybridized carbons (Fsp3) is 0.182. The second-order valence-corrected chi connectivity index (χ2v) is 3.92. The number of hydrogen-bond donors (Lipinski definition) is 0. The van der Waals surface area contributed by atoms with Gasteiger partial charge in [0.05, 0.1) is 11.5 Å². The number of ether oxygens (including phenoxy) is 1. The van der Waals surface area contributed by atoms with Crippen molar-refractivity contribution in [1.82, 2.24) is 9.78 Å². The van der Waals surface area contributed by atoms with Crippen LogP contribution in [-0.2, 0) is 6.54 Å². The Hall–Kier alpha value is -2.08. The van der Waals surface area contributed by atoms with E-state index < -0.39 is 4.92 Å². The highest BCUT2D eigenvalue weighted by Gasteiger charge is 2.15. The number of halogens is 1. The summed E-state index contributed by atoms with van der Waals surface area (Å²) >= 11 is 5.78. The van der Waals surface area contributed by atoms with Gasteiger partial charge in [-0.3, -0.25) is 14.8 Å². The summed E-state index contributed by atoms with van der Waals surface area (Å²) < 4.78 is 7.04. The van der Waals surface area contributed by atoms with Gasteiger partial charge >= 0.3 is 5.69 Å². The molecule has 7 heteroatoms. The molecule has 1 aromatic heterocycles. The lowest BCUT2D eigenvalue weighted by Gasteiger charge is -2.07. The van der Waals surface area contributed by atoms with E-state index in [0.717, 1.165) is 0 Å². The van der Waals surface area contributed by atoms with E-state index in [9.17, 15) is 10.1 Å². The summed E-state index contributed by atoms with van der Waals surface area (Å²) in [6.45, 7) is 0.791. The number of rotatable bonds is 5. The molecule has 94 valence electrons. The molecular weight excluding hydrogens is 258 g/mol. The molecule has 0 radical (unpaired) electrons. The van der Waals surface area contributed by atoms with E-state index in [1.807, 2.05) is 0 Å². The average molecular weight is 268 g/mol. The van der Waals surface area contributed by atoms with Crippen molar-refractivity contribution in [2.75, 3.05) is 6.61 Å². The quantitative estimate of drug-likeness (QED) is 0.616. The van der Waals surface area contributed by atoms with E-state index in [0.29, 0.717) is 11.6 Å². The molecule has 0 aliphatic carbocycles. The van der Waals surface area contributed by atoms with Crippen molar-refractivity contribution in [3.05, 3.63) is 51.8 Å². The van der Waals surface area contributed by atoms with E-state index in [4.69, 9.17) is 16.3 Å². The Labute approximate surface area is 108 Å². The zero-order chi connectivity index (χ0) is 13.0. The summed E-state index contributed by atoms with van der Waals surface area (Å²) in [5.41, 5.74) is -0.0973. The highest BCUT2D eigenvalue weighted by atomic mass is 35.5. The van der Waals surface area contributed by atoms with Crippen molar-refractivity contribution in [2.24, 2.45) is 0 Å². The molecule has 18 heavy (non-hydrogen) atoms. The summed E-state index contributed by atoms with van der Waals surface area (Å²) in [6.07, 6.45) is 3.44. The van der Waals surface area contributed by atoms with Gasteiger partial charge in [0.2, 0.25) is 0 Å². The van der Waals surface area contributed by atoms with Crippen LogP contribution in [0.4, 0.5) is 5.69 Å². The van der Waals surface area contributed by atoms with Crippen LogP contribution >= 0.6 is 11.6 Å². The first-order valence-corrected chi connectivity index (χ1v) is 5.59. The predicted octanol–water partition coefficient (Wildman–Crippen LogP) is 2.52. The Kier molecular flexibility index (Phi) is 3.78. The van der Waals surface area contributed by atoms with E-state index >= 15 is 0 Å². The van der Waals surface area contributed by atoms with Gasteiger partial charge < -0.3 is 4.74 Å². The lowest BCUT2D eigenvalue weighted by molar-refractivity contribution is -0.385. The number of nitro benzene ring substituents is 1. The topological polar surface area (TPSA) is 70.2 Å². The molecule has 2 aromatic rings. The first kappa shape index (κ1) is 12.4. The normalized spacial score (nSPS) is 10.3. The van der Waals surface area contributed by atoms with Gasteiger partial charge in [-0.25, -0.2) is 0 Å². The SMILES string of the molecule is O=[N+]([O-])c1ccc(Cl)cc1OCCn1cccn1. The number of nitro groups is 1. The van der Waals surface area contributed by atoms with Crippen LogP contribution in [-0.4, -0.2) is 21.3 Å². The minimum absolute atomic E-state index is 0.0973. The molecule has 0 N–H and O–H groups in total. The van der Waals surface area contributed by atoms with E-state index in [1.165, 1.54) is 18.2 Å². The van der Waals surface area contributed by atoms with Crippen LogP contribution in [0.1, 0.15) is 0 Å². The van der Waals surface area contributed by atoms with E-state index in [1.54, 1.807) is 23.1 Å². The standard InChI is InChI=1S/C11H10ClN3O3/c12-9-2-3-10(15(16)17)11(8-9)18-7-6-14-5-1-4-13-14/h1-5,8H,6-7H2. The molecule has 0 amide bonds. The highest BCUT2D eigenvalue weighted by molar-refractivity contribution is 6.30. The third-order valence-electron chi connectivity index (χ3n) is 2.26. The van der Waals surface area contributed by atoms with Crippen molar-refractivity contribution >= 4 is 17.3 Å². The monoisotopic (exact) mass is 267 g/mol. The fourth-order valence-corrected chi connectivity index (χ4v) is 1.60. The molecule has 2 rings (SSSR count). The molecule has 0 aliphatic rings. The number of aromatic nitrogens is 2. The molecule has 0 fully saturated rings. The van der Waals surface area contributed by atoms with Gasteiger partial charge in [-0.1, -0.05) is 11.6 Å². The molecular formula is C11H10ClN3O3. The van der Waals surface area contributed by atoms with E-state index in [-0.39, 0.29) is 18.0 Å². The number of benzene rings is 1. The maximum atomic E-state index is 10.8. The van der Waals surface area contributed by atoms with Crippen LogP contribution in [0.5, 0.6) is 5.75 Å². The maximum Gasteiger partial charge on any atom is 0.311 e. The smallest absolute Gasteiger partial charge is 0.311 e. The molecule has 0 bridgehead atoms. The van der Waals surface area contributed by atoms with Crippen molar-refractivity contribution < 1.29 is 9.66 Å². The Balaban J connectivity index is 2.03. The predicted molar refractivity (Wildman–Crippen MR) is 65.8 cm³/mol. The number of nitrogens with zero attached hydrogens (tertiary/aromatic N) is 3. The van der Waals surface area contributed by atoms with Crippen LogP contribution in [0, 0.1) is 10.1 Å². The Bertz CT molecular complexity index is 542. The zero-order valence-corrected chi connectivity index (χ0v) is 10.1. The fourth-order valence-electron chi connectivity index (χ4n) is 1.44. The summed E-state index contributed by atoms with van der Waals surface area (Å²) in [4.78, 5) is 10.3. The van der Waals surface area contributed by atoms with Gasteiger partial charge in [-0.2, -0.15) is 5.10 Å². The molecule has 6 nitrogen and oxygen atoms in total. The van der Waals surface area contributed by atoms with Crippen LogP contribution in [0.3, 0.4) is 0 Å². The van der Waals surface area contributed by atoms with Crippen molar-refractivity contribution in [3.8, 4) is 5.75 Å². The first-order valence-electron chi connectivity index (χ1n) is 5.21. The molecule has 1 aromatic carbocycles. The Morgan fingerprint density at radius 2 is 2.33 bits per heavy atom. The van der Waals surface area contributed by atoms with Gasteiger partial charge in [0.1, 0.15) is 6.61 Å². The lowest BCUT2D eigenvalue weighted by atomic mass is 10.3. The number of hydrogen-bond acceptors (Lipinski definition) is 4. The summed E-state index contributed by atoms with van der Waals surface area (Å²) in [5.74, 6) is 0.166. The van der Waals surface area contributed by atoms with Crippen LogP contribution in [0.25, 0.3) is 0 Å². The largest absolute Gasteiger partial charge is 0.485 e. The van der Waals surface area contributed by atoms with Crippen molar-refractivity contribution in [1.29, 1.82) is 0 Å². The first-order chi connectivity index (χ1) is 8.66. The van der Waals surface area contributed by atoms with Crippen LogP contribution in [0.2, 0.25) is 5.02 Å². The molecule has 0 saturated carbocycles. The van der Waals surface area contributed by atoms with Crippen LogP contribution in [0.15, 0.2) is 36.7 Å². The minimum Gasteiger partial charge on any atom is -0.485 e. The molecule has 0 unspecified atom stereocenters. The van der Waals surface area contributed by atoms with Gasteiger partial charge in [0.15, 0.2) is 5.75 Å². The Morgan fingerprint density at radius 1 is 1.50 bits per heavy atom. The molecule has 0 spiro atoms. The second kappa shape index (κ2) is 5.50. The average Bonchev–Trinajstić information content (AvgIpc) is 2.82. The lowest BCUT2D eigenvalue weighted by Crippen LogP contribution is -2.09. The Morgan fingerprint density at radius 3 is 3.00 bits per heavy atom. The minimum atomic E-state index is -0.500. The molecule has 0 atom stereocenters. The summed E-state index contributed by atoms with van der Waals surface area (Å²) in [6, 6.07) is 6.01. The molecule has 0 saturated heterocycles. The van der Waals surface area contributed by atoms with Crippen LogP contribution < -0.4 is 4.74 Å². The molecule has 1 heterocycles.